The van der Waals surface area contributed by atoms with E-state index in [1.807, 2.05) is 12.2 Å². The Balaban J connectivity index is 2.30. The zero-order valence-electron chi connectivity index (χ0n) is 9.73. The number of benzene rings is 1. The van der Waals surface area contributed by atoms with Crippen LogP contribution in [0.2, 0.25) is 0 Å². The van der Waals surface area contributed by atoms with E-state index in [-0.39, 0.29) is 0 Å². The Bertz CT molecular complexity index is 381. The van der Waals surface area contributed by atoms with E-state index in [0.29, 0.717) is 6.04 Å². The maximum atomic E-state index is 3.87. The summed E-state index contributed by atoms with van der Waals surface area (Å²) in [5.41, 5.74) is 2.96. The Morgan fingerprint density at radius 2 is 2.06 bits per heavy atom. The van der Waals surface area contributed by atoms with Gasteiger partial charge in [0.25, 0.3) is 0 Å². The van der Waals surface area contributed by atoms with Crippen molar-refractivity contribution in [2.45, 2.75) is 18.9 Å². The quantitative estimate of drug-likeness (QED) is 0.693. The fourth-order valence-electron chi connectivity index (χ4n) is 2.52. The third kappa shape index (κ3) is 2.10. The molecule has 0 aromatic heterocycles. The van der Waals surface area contributed by atoms with E-state index < -0.39 is 0 Å². The summed E-state index contributed by atoms with van der Waals surface area (Å²) in [5.74, 6) is 0. The van der Waals surface area contributed by atoms with E-state index in [2.05, 4.69) is 42.3 Å². The fraction of sp³-hybridized carbons (Fsp3) is 0.333. The van der Waals surface area contributed by atoms with Crippen molar-refractivity contribution in [1.29, 1.82) is 0 Å². The van der Waals surface area contributed by atoms with E-state index in [9.17, 15) is 0 Å². The van der Waals surface area contributed by atoms with Crippen LogP contribution in [-0.2, 0) is 6.42 Å². The Kier molecular flexibility index (Phi) is 3.58. The van der Waals surface area contributed by atoms with Gasteiger partial charge in [-0.05, 0) is 24.0 Å². The Morgan fingerprint density at radius 1 is 1.25 bits per heavy atom. The van der Waals surface area contributed by atoms with Crippen molar-refractivity contribution in [3.8, 4) is 0 Å². The molecule has 16 heavy (non-hydrogen) atoms. The third-order valence-corrected chi connectivity index (χ3v) is 3.28. The lowest BCUT2D eigenvalue weighted by atomic mass is 9.91. The molecule has 1 atom stereocenters. The van der Waals surface area contributed by atoms with Crippen LogP contribution >= 0.6 is 0 Å². The highest BCUT2D eigenvalue weighted by Gasteiger charge is 2.24. The molecular formula is C15H19N. The van der Waals surface area contributed by atoms with E-state index >= 15 is 0 Å². The van der Waals surface area contributed by atoms with Gasteiger partial charge in [-0.25, -0.2) is 0 Å². The van der Waals surface area contributed by atoms with E-state index in [1.165, 1.54) is 11.1 Å². The minimum Gasteiger partial charge on any atom is -0.292 e. The second-order valence-electron chi connectivity index (χ2n) is 4.27. The maximum Gasteiger partial charge on any atom is 0.0388 e. The summed E-state index contributed by atoms with van der Waals surface area (Å²) in [6.45, 7) is 9.80. The number of fused-ring (bicyclic) bond motifs is 1. The Labute approximate surface area is 98.1 Å². The van der Waals surface area contributed by atoms with Gasteiger partial charge in [0.2, 0.25) is 0 Å². The maximum absolute atomic E-state index is 3.87. The van der Waals surface area contributed by atoms with Crippen molar-refractivity contribution in [3.63, 3.8) is 0 Å². The average Bonchev–Trinajstić information content (AvgIpc) is 2.32. The molecule has 0 N–H and O–H groups in total. The van der Waals surface area contributed by atoms with Crippen LogP contribution in [-0.4, -0.2) is 18.0 Å². The lowest BCUT2D eigenvalue weighted by Gasteiger charge is -2.36. The highest BCUT2D eigenvalue weighted by Crippen LogP contribution is 2.31. The van der Waals surface area contributed by atoms with Crippen molar-refractivity contribution in [2.75, 3.05) is 13.1 Å². The van der Waals surface area contributed by atoms with Gasteiger partial charge in [0.15, 0.2) is 0 Å². The monoisotopic (exact) mass is 213 g/mol. The van der Waals surface area contributed by atoms with Gasteiger partial charge in [0.1, 0.15) is 0 Å². The summed E-state index contributed by atoms with van der Waals surface area (Å²) >= 11 is 0. The number of hydrogen-bond donors (Lipinski definition) is 0. The van der Waals surface area contributed by atoms with E-state index in [0.717, 1.165) is 25.9 Å². The van der Waals surface area contributed by atoms with Gasteiger partial charge in [-0.3, -0.25) is 4.90 Å². The van der Waals surface area contributed by atoms with Crippen LogP contribution in [0.25, 0.3) is 0 Å². The third-order valence-electron chi connectivity index (χ3n) is 3.28. The van der Waals surface area contributed by atoms with Crippen molar-refractivity contribution >= 4 is 0 Å². The zero-order chi connectivity index (χ0) is 11.4. The number of nitrogens with zero attached hydrogens (tertiary/aromatic N) is 1. The second kappa shape index (κ2) is 5.13. The molecule has 1 aromatic rings. The minimum absolute atomic E-state index is 0.487. The molecule has 1 aromatic carbocycles. The molecule has 2 rings (SSSR count). The predicted octanol–water partition coefficient (Wildman–Crippen LogP) is 3.35. The lowest BCUT2D eigenvalue weighted by Crippen LogP contribution is -2.35. The number of hydrogen-bond acceptors (Lipinski definition) is 1. The Morgan fingerprint density at radius 3 is 2.81 bits per heavy atom. The normalized spacial score (nSPS) is 20.1. The number of rotatable bonds is 4. The SMILES string of the molecule is C=CCC1c2ccccc2CCN1CC=C. The molecule has 0 saturated heterocycles. The molecule has 1 heterocycles. The zero-order valence-corrected chi connectivity index (χ0v) is 9.73. The molecule has 0 radical (unpaired) electrons. The first kappa shape index (κ1) is 11.2. The molecule has 84 valence electrons. The predicted molar refractivity (Wildman–Crippen MR) is 69.5 cm³/mol. The summed E-state index contributed by atoms with van der Waals surface area (Å²) in [4.78, 5) is 2.48. The topological polar surface area (TPSA) is 3.24 Å². The average molecular weight is 213 g/mol. The minimum atomic E-state index is 0.487. The molecule has 1 unspecified atom stereocenters. The molecule has 1 aliphatic heterocycles. The smallest absolute Gasteiger partial charge is 0.0388 e. The van der Waals surface area contributed by atoms with Gasteiger partial charge in [-0.15, -0.1) is 13.2 Å². The summed E-state index contributed by atoms with van der Waals surface area (Å²) < 4.78 is 0. The largest absolute Gasteiger partial charge is 0.292 e. The van der Waals surface area contributed by atoms with Crippen molar-refractivity contribution in [2.24, 2.45) is 0 Å². The molecule has 0 bridgehead atoms. The van der Waals surface area contributed by atoms with Gasteiger partial charge >= 0.3 is 0 Å². The highest BCUT2D eigenvalue weighted by atomic mass is 15.2. The lowest BCUT2D eigenvalue weighted by molar-refractivity contribution is 0.207. The van der Waals surface area contributed by atoms with Crippen LogP contribution in [0.15, 0.2) is 49.6 Å². The van der Waals surface area contributed by atoms with Gasteiger partial charge in [-0.2, -0.15) is 0 Å². The fourth-order valence-corrected chi connectivity index (χ4v) is 2.52. The first-order valence-corrected chi connectivity index (χ1v) is 5.90. The van der Waals surface area contributed by atoms with Crippen molar-refractivity contribution in [3.05, 3.63) is 60.7 Å². The molecule has 1 nitrogen and oxygen atoms in total. The molecule has 0 aliphatic carbocycles. The first-order chi connectivity index (χ1) is 7.86. The second-order valence-corrected chi connectivity index (χ2v) is 4.27. The van der Waals surface area contributed by atoms with Gasteiger partial charge in [0, 0.05) is 19.1 Å². The molecule has 0 spiro atoms. The molecule has 0 fully saturated rings. The molecule has 1 aliphatic rings. The van der Waals surface area contributed by atoms with E-state index in [4.69, 9.17) is 0 Å². The highest BCUT2D eigenvalue weighted by molar-refractivity contribution is 5.33. The summed E-state index contributed by atoms with van der Waals surface area (Å²) in [6.07, 6.45) is 6.18. The van der Waals surface area contributed by atoms with Crippen LogP contribution in [0.1, 0.15) is 23.6 Å². The Hall–Kier alpha value is -1.34. The standard InChI is InChI=1S/C15H19N/c1-3-7-15-14-9-6-5-8-13(14)10-12-16(15)11-4-2/h3-6,8-9,15H,1-2,7,10-12H2. The van der Waals surface area contributed by atoms with Gasteiger partial charge in [-0.1, -0.05) is 36.4 Å². The first-order valence-electron chi connectivity index (χ1n) is 5.90. The van der Waals surface area contributed by atoms with Gasteiger partial charge in [0.05, 0.1) is 0 Å². The van der Waals surface area contributed by atoms with Crippen LogP contribution in [0.3, 0.4) is 0 Å². The van der Waals surface area contributed by atoms with Gasteiger partial charge < -0.3 is 0 Å². The summed E-state index contributed by atoms with van der Waals surface area (Å²) in [6, 6.07) is 9.25. The molecule has 0 amide bonds. The summed E-state index contributed by atoms with van der Waals surface area (Å²) in [5, 5.41) is 0. The molecule has 0 saturated carbocycles. The van der Waals surface area contributed by atoms with E-state index in [1.54, 1.807) is 0 Å². The van der Waals surface area contributed by atoms with Crippen LogP contribution in [0.4, 0.5) is 0 Å². The van der Waals surface area contributed by atoms with Crippen LogP contribution in [0.5, 0.6) is 0 Å². The van der Waals surface area contributed by atoms with Crippen molar-refractivity contribution < 1.29 is 0 Å². The van der Waals surface area contributed by atoms with Crippen LogP contribution < -0.4 is 0 Å². The summed E-state index contributed by atoms with van der Waals surface area (Å²) in [7, 11) is 0. The van der Waals surface area contributed by atoms with Crippen LogP contribution in [0, 0.1) is 0 Å². The molecular weight excluding hydrogens is 194 g/mol. The molecule has 1 heteroatoms. The van der Waals surface area contributed by atoms with Crippen molar-refractivity contribution in [1.82, 2.24) is 4.90 Å².